The summed E-state index contributed by atoms with van der Waals surface area (Å²) in [6.45, 7) is 7.77. The summed E-state index contributed by atoms with van der Waals surface area (Å²) in [6.07, 6.45) is 3.47. The van der Waals surface area contributed by atoms with Crippen LogP contribution in [0.25, 0.3) is 11.0 Å². The zero-order valence-electron chi connectivity index (χ0n) is 15.3. The van der Waals surface area contributed by atoms with E-state index < -0.39 is 5.92 Å². The Labute approximate surface area is 151 Å². The number of nitrogens with two attached hydrogens (primary N) is 1. The van der Waals surface area contributed by atoms with E-state index in [0.29, 0.717) is 22.3 Å². The molecule has 0 saturated carbocycles. The Bertz CT molecular complexity index is 954. The topological polar surface area (TPSA) is 115 Å². The fraction of sp³-hybridized carbons (Fsp3) is 0.389. The van der Waals surface area contributed by atoms with Gasteiger partial charge in [0.05, 0.1) is 23.1 Å². The lowest BCUT2D eigenvalue weighted by Crippen LogP contribution is -2.34. The molecule has 2 amide bonds. The van der Waals surface area contributed by atoms with Crippen molar-refractivity contribution in [1.82, 2.24) is 20.1 Å². The summed E-state index contributed by atoms with van der Waals surface area (Å²) in [4.78, 5) is 33.1. The third kappa shape index (κ3) is 3.22. The van der Waals surface area contributed by atoms with Gasteiger partial charge in [-0.1, -0.05) is 5.57 Å². The molecule has 136 valence electrons. The van der Waals surface area contributed by atoms with Gasteiger partial charge >= 0.3 is 0 Å². The predicted octanol–water partition coefficient (Wildman–Crippen LogP) is 1.89. The van der Waals surface area contributed by atoms with Gasteiger partial charge < -0.3 is 11.1 Å². The number of nitrogen functional groups attached to an aromatic ring is 1. The molecule has 1 aliphatic heterocycles. The highest BCUT2D eigenvalue weighted by molar-refractivity contribution is 6.07. The first-order valence-corrected chi connectivity index (χ1v) is 8.47. The largest absolute Gasteiger partial charge is 0.384 e. The van der Waals surface area contributed by atoms with E-state index in [1.807, 2.05) is 26.8 Å². The second kappa shape index (κ2) is 6.70. The van der Waals surface area contributed by atoms with Crippen LogP contribution in [-0.2, 0) is 4.79 Å². The third-order valence-corrected chi connectivity index (χ3v) is 4.36. The summed E-state index contributed by atoms with van der Waals surface area (Å²) in [5.41, 5.74) is 8.40. The molecule has 1 atom stereocenters. The van der Waals surface area contributed by atoms with Crippen molar-refractivity contribution in [2.75, 3.05) is 12.3 Å². The molecule has 3 heterocycles. The monoisotopic (exact) mass is 354 g/mol. The molecule has 0 aromatic carbocycles. The number of dihydropyridines is 1. The van der Waals surface area contributed by atoms with E-state index in [0.717, 1.165) is 5.57 Å². The molecule has 0 saturated heterocycles. The number of pyridine rings is 1. The molecule has 2 aromatic heterocycles. The van der Waals surface area contributed by atoms with Crippen molar-refractivity contribution in [3.8, 4) is 0 Å². The van der Waals surface area contributed by atoms with Gasteiger partial charge in [0.15, 0.2) is 5.65 Å². The Morgan fingerprint density at radius 1 is 1.38 bits per heavy atom. The van der Waals surface area contributed by atoms with Crippen LogP contribution in [0, 0.1) is 5.92 Å². The first-order valence-electron chi connectivity index (χ1n) is 8.47. The molecule has 0 spiro atoms. The van der Waals surface area contributed by atoms with E-state index in [4.69, 9.17) is 5.73 Å². The molecule has 8 nitrogen and oxygen atoms in total. The van der Waals surface area contributed by atoms with Crippen LogP contribution in [0.4, 0.5) is 5.82 Å². The molecule has 0 fully saturated rings. The van der Waals surface area contributed by atoms with E-state index in [9.17, 15) is 9.59 Å². The number of hydrogen-bond acceptors (Lipinski definition) is 5. The Balaban J connectivity index is 1.85. The first kappa shape index (κ1) is 17.8. The van der Waals surface area contributed by atoms with E-state index >= 15 is 0 Å². The fourth-order valence-corrected chi connectivity index (χ4v) is 3.05. The second-order valence-corrected chi connectivity index (χ2v) is 6.76. The Kier molecular flexibility index (Phi) is 4.58. The van der Waals surface area contributed by atoms with E-state index in [1.54, 1.807) is 17.8 Å². The summed E-state index contributed by atoms with van der Waals surface area (Å²) in [5, 5.41) is 7.74. The van der Waals surface area contributed by atoms with E-state index in [2.05, 4.69) is 20.4 Å². The quantitative estimate of drug-likeness (QED) is 0.870. The SMILES string of the molecule is CC1=CC(C)=NC(=O)C1CNC(=O)c1cc(N)nc2c1cnn2C(C)C. The predicted molar refractivity (Wildman–Crippen MR) is 100 cm³/mol. The van der Waals surface area contributed by atoms with Gasteiger partial charge in [0.1, 0.15) is 5.82 Å². The van der Waals surface area contributed by atoms with Crippen LogP contribution in [0.5, 0.6) is 0 Å². The van der Waals surface area contributed by atoms with E-state index in [1.165, 1.54) is 6.07 Å². The lowest BCUT2D eigenvalue weighted by molar-refractivity contribution is -0.120. The van der Waals surface area contributed by atoms with Crippen LogP contribution in [0.1, 0.15) is 44.1 Å². The number of amides is 2. The maximum absolute atomic E-state index is 12.7. The molecule has 2 aromatic rings. The average Bonchev–Trinajstić information content (AvgIpc) is 2.96. The van der Waals surface area contributed by atoms with Crippen molar-refractivity contribution >= 4 is 34.4 Å². The van der Waals surface area contributed by atoms with Crippen LogP contribution in [0.15, 0.2) is 28.9 Å². The molecule has 3 rings (SSSR count). The number of nitrogens with zero attached hydrogens (tertiary/aromatic N) is 4. The number of fused-ring (bicyclic) bond motifs is 1. The number of anilines is 1. The summed E-state index contributed by atoms with van der Waals surface area (Å²) in [5.74, 6) is -0.764. The number of carbonyl (C=O) groups is 2. The van der Waals surface area contributed by atoms with Crippen LogP contribution < -0.4 is 11.1 Å². The summed E-state index contributed by atoms with van der Waals surface area (Å²) >= 11 is 0. The number of hydrogen-bond donors (Lipinski definition) is 2. The van der Waals surface area contributed by atoms with Gasteiger partial charge in [0.25, 0.3) is 11.8 Å². The van der Waals surface area contributed by atoms with Crippen molar-refractivity contribution < 1.29 is 9.59 Å². The third-order valence-electron chi connectivity index (χ3n) is 4.36. The minimum atomic E-state index is -0.448. The van der Waals surface area contributed by atoms with Gasteiger partial charge in [-0.25, -0.2) is 14.7 Å². The average molecular weight is 354 g/mol. The van der Waals surface area contributed by atoms with Crippen LogP contribution in [0.2, 0.25) is 0 Å². The molecule has 1 unspecified atom stereocenters. The highest BCUT2D eigenvalue weighted by atomic mass is 16.2. The Morgan fingerprint density at radius 2 is 2.12 bits per heavy atom. The molecular weight excluding hydrogens is 332 g/mol. The normalized spacial score (nSPS) is 17.4. The number of aromatic nitrogens is 3. The first-order chi connectivity index (χ1) is 12.3. The van der Waals surface area contributed by atoms with Crippen molar-refractivity contribution in [2.24, 2.45) is 10.9 Å². The second-order valence-electron chi connectivity index (χ2n) is 6.76. The van der Waals surface area contributed by atoms with Crippen molar-refractivity contribution in [2.45, 2.75) is 33.7 Å². The number of rotatable bonds is 4. The van der Waals surface area contributed by atoms with Crippen molar-refractivity contribution in [3.63, 3.8) is 0 Å². The van der Waals surface area contributed by atoms with Crippen LogP contribution in [-0.4, -0.2) is 38.8 Å². The highest BCUT2D eigenvalue weighted by Crippen LogP contribution is 2.22. The van der Waals surface area contributed by atoms with Gasteiger partial charge in [-0.2, -0.15) is 5.10 Å². The number of allylic oxidation sites excluding steroid dienone is 1. The Morgan fingerprint density at radius 3 is 2.77 bits per heavy atom. The zero-order chi connectivity index (χ0) is 19.0. The molecule has 0 bridgehead atoms. The zero-order valence-corrected chi connectivity index (χ0v) is 15.3. The van der Waals surface area contributed by atoms with Crippen LogP contribution >= 0.6 is 0 Å². The minimum absolute atomic E-state index is 0.0893. The van der Waals surface area contributed by atoms with Gasteiger partial charge in [-0.15, -0.1) is 0 Å². The standard InChI is InChI=1S/C18H22N6O2/c1-9(2)24-16-14(8-21-24)12(6-15(19)23-16)17(25)20-7-13-10(3)5-11(4)22-18(13)26/h5-6,8-9,13H,7H2,1-4H3,(H2,19,23)(H,20,25). The number of aliphatic imine (C=N–C) groups is 1. The van der Waals surface area contributed by atoms with Gasteiger partial charge in [0, 0.05) is 18.3 Å². The number of nitrogens with one attached hydrogen (secondary N) is 1. The van der Waals surface area contributed by atoms with Gasteiger partial charge in [-0.3, -0.25) is 9.59 Å². The molecule has 26 heavy (non-hydrogen) atoms. The molecule has 0 radical (unpaired) electrons. The smallest absolute Gasteiger partial charge is 0.254 e. The molecule has 1 aliphatic rings. The summed E-state index contributed by atoms with van der Waals surface area (Å²) in [6, 6.07) is 1.61. The number of carbonyl (C=O) groups excluding carboxylic acids is 2. The maximum Gasteiger partial charge on any atom is 0.254 e. The van der Waals surface area contributed by atoms with Crippen molar-refractivity contribution in [1.29, 1.82) is 0 Å². The molecule has 3 N–H and O–H groups in total. The van der Waals surface area contributed by atoms with Gasteiger partial charge in [-0.05, 0) is 39.8 Å². The van der Waals surface area contributed by atoms with Gasteiger partial charge in [0.2, 0.25) is 0 Å². The molecular formula is C18H22N6O2. The van der Waals surface area contributed by atoms with Crippen molar-refractivity contribution in [3.05, 3.63) is 29.5 Å². The summed E-state index contributed by atoms with van der Waals surface area (Å²) in [7, 11) is 0. The maximum atomic E-state index is 12.7. The van der Waals surface area contributed by atoms with E-state index in [-0.39, 0.29) is 30.2 Å². The highest BCUT2D eigenvalue weighted by Gasteiger charge is 2.25. The Hall–Kier alpha value is -3.03. The minimum Gasteiger partial charge on any atom is -0.384 e. The molecule has 8 heteroatoms. The lowest BCUT2D eigenvalue weighted by atomic mass is 9.95. The summed E-state index contributed by atoms with van der Waals surface area (Å²) < 4.78 is 1.72. The lowest BCUT2D eigenvalue weighted by Gasteiger charge is -2.19. The molecule has 0 aliphatic carbocycles. The fourth-order valence-electron chi connectivity index (χ4n) is 3.05. The van der Waals surface area contributed by atoms with Crippen LogP contribution in [0.3, 0.4) is 0 Å².